The van der Waals surface area contributed by atoms with Crippen molar-refractivity contribution in [3.8, 4) is 0 Å². The molecule has 0 aliphatic heterocycles. The van der Waals surface area contributed by atoms with E-state index in [1.165, 1.54) is 0 Å². The summed E-state index contributed by atoms with van der Waals surface area (Å²) in [4.78, 5) is 22.5. The number of fused-ring (bicyclic) bond motifs is 1. The number of nitrogens with one attached hydrogen (secondary N) is 2. The van der Waals surface area contributed by atoms with Crippen LogP contribution in [0.15, 0.2) is 24.5 Å². The molecule has 0 unspecified atom stereocenters. The van der Waals surface area contributed by atoms with Crippen LogP contribution in [0.25, 0.3) is 11.0 Å². The van der Waals surface area contributed by atoms with Crippen molar-refractivity contribution in [3.63, 3.8) is 0 Å². The average Bonchev–Trinajstić information content (AvgIpc) is 2.68. The molecule has 0 atom stereocenters. The number of carbonyl (C=O) groups excluding carboxylic acids is 1. The zero-order valence-corrected chi connectivity index (χ0v) is 8.56. The predicted molar refractivity (Wildman–Crippen MR) is 58.1 cm³/mol. The van der Waals surface area contributed by atoms with E-state index in [1.54, 1.807) is 6.20 Å². The van der Waals surface area contributed by atoms with Crippen LogP contribution in [-0.4, -0.2) is 22.5 Å². The van der Waals surface area contributed by atoms with Crippen molar-refractivity contribution in [1.29, 1.82) is 0 Å². The van der Waals surface area contributed by atoms with Crippen molar-refractivity contribution in [2.45, 2.75) is 6.54 Å². The number of hydroxylamine groups is 1. The van der Waals surface area contributed by atoms with E-state index in [0.717, 1.165) is 16.6 Å². The van der Waals surface area contributed by atoms with E-state index in [9.17, 15) is 4.79 Å². The summed E-state index contributed by atoms with van der Waals surface area (Å²) in [5.41, 5.74) is 9.43. The van der Waals surface area contributed by atoms with Crippen molar-refractivity contribution in [2.75, 3.05) is 6.61 Å². The lowest BCUT2D eigenvalue weighted by Gasteiger charge is -2.02. The van der Waals surface area contributed by atoms with Crippen molar-refractivity contribution >= 4 is 16.9 Å². The first-order valence-corrected chi connectivity index (χ1v) is 4.81. The molecule has 0 spiro atoms. The molecule has 2 heterocycles. The molecule has 0 saturated heterocycles. The van der Waals surface area contributed by atoms with Gasteiger partial charge < -0.3 is 10.7 Å². The van der Waals surface area contributed by atoms with Crippen LogP contribution in [-0.2, 0) is 16.2 Å². The van der Waals surface area contributed by atoms with Gasteiger partial charge in [0.1, 0.15) is 12.3 Å². The molecule has 0 bridgehead atoms. The zero-order chi connectivity index (χ0) is 11.4. The molecule has 84 valence electrons. The van der Waals surface area contributed by atoms with Crippen LogP contribution in [0.3, 0.4) is 0 Å². The standard InChI is InChI=1S/C10H12N4O2/c11-9(15)6-16-14-5-7-4-13-10-8(7)2-1-3-12-10/h1-4,14H,5-6H2,(H2,11,15)(H,12,13). The first-order chi connectivity index (χ1) is 7.77. The lowest BCUT2D eigenvalue weighted by Crippen LogP contribution is -2.24. The number of aromatic nitrogens is 2. The molecule has 2 aromatic heterocycles. The number of carbonyl (C=O) groups is 1. The molecule has 2 rings (SSSR count). The van der Waals surface area contributed by atoms with E-state index < -0.39 is 5.91 Å². The topological polar surface area (TPSA) is 93.0 Å². The Kier molecular flexibility index (Phi) is 3.13. The number of rotatable bonds is 5. The summed E-state index contributed by atoms with van der Waals surface area (Å²) in [7, 11) is 0. The van der Waals surface area contributed by atoms with Crippen LogP contribution in [0, 0.1) is 0 Å². The number of amides is 1. The van der Waals surface area contributed by atoms with Gasteiger partial charge in [0.05, 0.1) is 0 Å². The van der Waals surface area contributed by atoms with Gasteiger partial charge in [-0.05, 0) is 17.7 Å². The lowest BCUT2D eigenvalue weighted by atomic mass is 10.2. The van der Waals surface area contributed by atoms with Crippen LogP contribution < -0.4 is 11.2 Å². The van der Waals surface area contributed by atoms with Crippen LogP contribution in [0.2, 0.25) is 0 Å². The quantitative estimate of drug-likeness (QED) is 0.491. The van der Waals surface area contributed by atoms with Gasteiger partial charge in [0.25, 0.3) is 0 Å². The predicted octanol–water partition coefficient (Wildman–Crippen LogP) is 0.0694. The number of pyridine rings is 1. The second-order valence-electron chi connectivity index (χ2n) is 3.29. The van der Waals surface area contributed by atoms with E-state index >= 15 is 0 Å². The van der Waals surface area contributed by atoms with E-state index in [0.29, 0.717) is 6.54 Å². The number of H-pyrrole nitrogens is 1. The Labute approximate surface area is 91.8 Å². The van der Waals surface area contributed by atoms with Crippen molar-refractivity contribution in [2.24, 2.45) is 5.73 Å². The Bertz CT molecular complexity index is 494. The molecular formula is C10H12N4O2. The monoisotopic (exact) mass is 220 g/mol. The number of hydrogen-bond donors (Lipinski definition) is 3. The highest BCUT2D eigenvalue weighted by Crippen LogP contribution is 2.14. The zero-order valence-electron chi connectivity index (χ0n) is 8.56. The van der Waals surface area contributed by atoms with Crippen molar-refractivity contribution in [1.82, 2.24) is 15.4 Å². The van der Waals surface area contributed by atoms with Gasteiger partial charge in [-0.1, -0.05) is 0 Å². The van der Waals surface area contributed by atoms with Crippen LogP contribution >= 0.6 is 0 Å². The maximum Gasteiger partial charge on any atom is 0.245 e. The van der Waals surface area contributed by atoms with E-state index in [1.807, 2.05) is 18.3 Å². The molecule has 0 aliphatic carbocycles. The third-order valence-electron chi connectivity index (χ3n) is 2.12. The van der Waals surface area contributed by atoms with Gasteiger partial charge in [-0.2, -0.15) is 5.48 Å². The van der Waals surface area contributed by atoms with Crippen LogP contribution in [0.5, 0.6) is 0 Å². The first kappa shape index (κ1) is 10.6. The Morgan fingerprint density at radius 2 is 2.50 bits per heavy atom. The third kappa shape index (κ3) is 2.36. The summed E-state index contributed by atoms with van der Waals surface area (Å²) in [6.07, 6.45) is 3.57. The average molecular weight is 220 g/mol. The Morgan fingerprint density at radius 1 is 1.62 bits per heavy atom. The first-order valence-electron chi connectivity index (χ1n) is 4.81. The summed E-state index contributed by atoms with van der Waals surface area (Å²) < 4.78 is 0. The van der Waals surface area contributed by atoms with E-state index in [2.05, 4.69) is 15.4 Å². The molecule has 0 radical (unpaired) electrons. The maximum absolute atomic E-state index is 10.4. The number of primary amides is 1. The molecule has 0 aromatic carbocycles. The number of nitrogens with zero attached hydrogens (tertiary/aromatic N) is 1. The Hall–Kier alpha value is -1.92. The highest BCUT2D eigenvalue weighted by molar-refractivity contribution is 5.79. The molecule has 0 saturated carbocycles. The molecule has 6 nitrogen and oxygen atoms in total. The molecular weight excluding hydrogens is 208 g/mol. The fourth-order valence-electron chi connectivity index (χ4n) is 1.41. The van der Waals surface area contributed by atoms with Gasteiger partial charge in [-0.3, -0.25) is 9.63 Å². The Balaban J connectivity index is 1.97. The van der Waals surface area contributed by atoms with Crippen molar-refractivity contribution < 1.29 is 9.63 Å². The number of hydrogen-bond acceptors (Lipinski definition) is 4. The Morgan fingerprint density at radius 3 is 3.31 bits per heavy atom. The summed E-state index contributed by atoms with van der Waals surface area (Å²) in [6.45, 7) is 0.347. The van der Waals surface area contributed by atoms with Gasteiger partial charge in [0.2, 0.25) is 5.91 Å². The summed E-state index contributed by atoms with van der Waals surface area (Å²) in [5.74, 6) is -0.506. The fraction of sp³-hybridized carbons (Fsp3) is 0.200. The molecule has 6 heteroatoms. The summed E-state index contributed by atoms with van der Waals surface area (Å²) in [5, 5.41) is 1.03. The van der Waals surface area contributed by atoms with E-state index in [-0.39, 0.29) is 6.61 Å². The highest BCUT2D eigenvalue weighted by atomic mass is 16.6. The lowest BCUT2D eigenvalue weighted by molar-refractivity contribution is -0.125. The summed E-state index contributed by atoms with van der Waals surface area (Å²) >= 11 is 0. The minimum atomic E-state index is -0.506. The fourth-order valence-corrected chi connectivity index (χ4v) is 1.41. The van der Waals surface area contributed by atoms with Crippen LogP contribution in [0.1, 0.15) is 5.56 Å². The maximum atomic E-state index is 10.4. The second-order valence-corrected chi connectivity index (χ2v) is 3.29. The van der Waals surface area contributed by atoms with Gasteiger partial charge in [0, 0.05) is 24.3 Å². The normalized spacial score (nSPS) is 10.8. The SMILES string of the molecule is NC(=O)CONCc1c[nH]c2ncccc12. The smallest absolute Gasteiger partial charge is 0.245 e. The third-order valence-corrected chi connectivity index (χ3v) is 2.12. The van der Waals surface area contributed by atoms with Gasteiger partial charge >= 0.3 is 0 Å². The summed E-state index contributed by atoms with van der Waals surface area (Å²) in [6, 6.07) is 3.83. The molecule has 0 fully saturated rings. The van der Waals surface area contributed by atoms with E-state index in [4.69, 9.17) is 10.6 Å². The molecule has 4 N–H and O–H groups in total. The highest BCUT2D eigenvalue weighted by Gasteiger charge is 2.03. The largest absolute Gasteiger partial charge is 0.368 e. The number of nitrogens with two attached hydrogens (primary N) is 1. The molecule has 2 aromatic rings. The number of aromatic amines is 1. The minimum Gasteiger partial charge on any atom is -0.368 e. The van der Waals surface area contributed by atoms with Gasteiger partial charge in [0.15, 0.2) is 0 Å². The second kappa shape index (κ2) is 4.73. The van der Waals surface area contributed by atoms with Gasteiger partial charge in [-0.15, -0.1) is 0 Å². The molecule has 0 aliphatic rings. The minimum absolute atomic E-state index is 0.138. The van der Waals surface area contributed by atoms with Gasteiger partial charge in [-0.25, -0.2) is 4.98 Å². The molecule has 16 heavy (non-hydrogen) atoms. The van der Waals surface area contributed by atoms with Crippen LogP contribution in [0.4, 0.5) is 0 Å². The molecule has 1 amide bonds. The van der Waals surface area contributed by atoms with Crippen molar-refractivity contribution in [3.05, 3.63) is 30.1 Å².